The SMILES string of the molecule is CN1N=C(C(=O)NC2CCCN(c3ncccn3)C2)CCC1=O. The molecule has 122 valence electrons. The first-order valence-electron chi connectivity index (χ1n) is 7.80. The van der Waals surface area contributed by atoms with Gasteiger partial charge in [0.05, 0.1) is 0 Å². The second-order valence-corrected chi connectivity index (χ2v) is 5.77. The van der Waals surface area contributed by atoms with Crippen molar-refractivity contribution in [1.82, 2.24) is 20.3 Å². The molecule has 3 heterocycles. The highest BCUT2D eigenvalue weighted by atomic mass is 16.2. The van der Waals surface area contributed by atoms with Crippen molar-refractivity contribution in [1.29, 1.82) is 0 Å². The van der Waals surface area contributed by atoms with E-state index in [0.29, 0.717) is 31.0 Å². The summed E-state index contributed by atoms with van der Waals surface area (Å²) < 4.78 is 0. The van der Waals surface area contributed by atoms with Gasteiger partial charge in [0.15, 0.2) is 0 Å². The first-order valence-corrected chi connectivity index (χ1v) is 7.80. The third-order valence-electron chi connectivity index (χ3n) is 4.06. The number of nitrogens with one attached hydrogen (secondary N) is 1. The third kappa shape index (κ3) is 3.64. The largest absolute Gasteiger partial charge is 0.346 e. The maximum absolute atomic E-state index is 12.3. The van der Waals surface area contributed by atoms with Crippen molar-refractivity contribution in [2.24, 2.45) is 5.10 Å². The van der Waals surface area contributed by atoms with Gasteiger partial charge in [-0.3, -0.25) is 9.59 Å². The molecule has 0 spiro atoms. The Morgan fingerprint density at radius 1 is 1.30 bits per heavy atom. The standard InChI is InChI=1S/C15H20N6O2/c1-20-13(22)6-5-12(19-20)14(23)18-11-4-2-9-21(10-11)15-16-7-3-8-17-15/h3,7-8,11H,2,4-6,9-10H2,1H3,(H,18,23). The fourth-order valence-corrected chi connectivity index (χ4v) is 2.83. The Labute approximate surface area is 134 Å². The number of carbonyl (C=O) groups excluding carboxylic acids is 2. The van der Waals surface area contributed by atoms with Gasteiger partial charge >= 0.3 is 0 Å². The van der Waals surface area contributed by atoms with E-state index in [1.807, 2.05) is 0 Å². The predicted molar refractivity (Wildman–Crippen MR) is 84.8 cm³/mol. The summed E-state index contributed by atoms with van der Waals surface area (Å²) in [6, 6.07) is 1.82. The van der Waals surface area contributed by atoms with Crippen molar-refractivity contribution in [2.75, 3.05) is 25.0 Å². The molecule has 2 amide bonds. The number of amides is 2. The average Bonchev–Trinajstić information content (AvgIpc) is 2.58. The van der Waals surface area contributed by atoms with Crippen LogP contribution in [0.2, 0.25) is 0 Å². The van der Waals surface area contributed by atoms with Crippen LogP contribution < -0.4 is 10.2 Å². The van der Waals surface area contributed by atoms with Gasteiger partial charge < -0.3 is 10.2 Å². The topological polar surface area (TPSA) is 90.8 Å². The molecule has 1 atom stereocenters. The van der Waals surface area contributed by atoms with Crippen LogP contribution in [-0.2, 0) is 9.59 Å². The first kappa shape index (κ1) is 15.4. The third-order valence-corrected chi connectivity index (χ3v) is 4.06. The van der Waals surface area contributed by atoms with Crippen LogP contribution in [0.25, 0.3) is 0 Å². The minimum atomic E-state index is -0.190. The minimum absolute atomic E-state index is 0.0330. The lowest BCUT2D eigenvalue weighted by Gasteiger charge is -2.33. The number of nitrogens with zero attached hydrogens (tertiary/aromatic N) is 5. The van der Waals surface area contributed by atoms with E-state index in [0.717, 1.165) is 19.4 Å². The number of rotatable bonds is 3. The zero-order chi connectivity index (χ0) is 16.2. The molecule has 1 unspecified atom stereocenters. The van der Waals surface area contributed by atoms with Crippen molar-refractivity contribution < 1.29 is 9.59 Å². The first-order chi connectivity index (χ1) is 11.1. The lowest BCUT2D eigenvalue weighted by atomic mass is 10.0. The van der Waals surface area contributed by atoms with E-state index >= 15 is 0 Å². The van der Waals surface area contributed by atoms with Crippen LogP contribution in [0.1, 0.15) is 25.7 Å². The predicted octanol–water partition coefficient (Wildman–Crippen LogP) is 0.170. The number of hydrazone groups is 1. The van der Waals surface area contributed by atoms with Crippen LogP contribution in [0.4, 0.5) is 5.95 Å². The smallest absolute Gasteiger partial charge is 0.267 e. The van der Waals surface area contributed by atoms with Gasteiger partial charge in [-0.25, -0.2) is 15.0 Å². The Bertz CT molecular complexity index is 618. The summed E-state index contributed by atoms with van der Waals surface area (Å²) in [5.74, 6) is 0.434. The van der Waals surface area contributed by atoms with Crippen LogP contribution in [0.3, 0.4) is 0 Å². The van der Waals surface area contributed by atoms with E-state index in [4.69, 9.17) is 0 Å². The zero-order valence-electron chi connectivity index (χ0n) is 13.1. The zero-order valence-corrected chi connectivity index (χ0v) is 13.1. The van der Waals surface area contributed by atoms with E-state index in [9.17, 15) is 9.59 Å². The maximum atomic E-state index is 12.3. The van der Waals surface area contributed by atoms with Gasteiger partial charge in [0.25, 0.3) is 5.91 Å². The lowest BCUT2D eigenvalue weighted by Crippen LogP contribution is -2.50. The van der Waals surface area contributed by atoms with E-state index in [1.165, 1.54) is 5.01 Å². The molecule has 0 aromatic carbocycles. The molecule has 23 heavy (non-hydrogen) atoms. The molecule has 2 aliphatic rings. The summed E-state index contributed by atoms with van der Waals surface area (Å²) in [5, 5.41) is 8.31. The van der Waals surface area contributed by atoms with Gasteiger partial charge in [-0.2, -0.15) is 5.10 Å². The summed E-state index contributed by atoms with van der Waals surface area (Å²) in [7, 11) is 1.57. The molecule has 8 heteroatoms. The lowest BCUT2D eigenvalue weighted by molar-refractivity contribution is -0.130. The van der Waals surface area contributed by atoms with Gasteiger partial charge in [-0.1, -0.05) is 0 Å². The molecule has 0 saturated carbocycles. The molecule has 8 nitrogen and oxygen atoms in total. The van der Waals surface area contributed by atoms with E-state index in [1.54, 1.807) is 25.5 Å². The Hall–Kier alpha value is -2.51. The van der Waals surface area contributed by atoms with E-state index < -0.39 is 0 Å². The number of anilines is 1. The van der Waals surface area contributed by atoms with E-state index in [-0.39, 0.29) is 17.9 Å². The molecular weight excluding hydrogens is 296 g/mol. The molecule has 1 aromatic rings. The number of aromatic nitrogens is 2. The summed E-state index contributed by atoms with van der Waals surface area (Å²) in [5.41, 5.74) is 0.417. The van der Waals surface area contributed by atoms with Crippen molar-refractivity contribution in [3.05, 3.63) is 18.5 Å². The molecule has 1 saturated heterocycles. The fraction of sp³-hybridized carbons (Fsp3) is 0.533. The Balaban J connectivity index is 1.60. The Kier molecular flexibility index (Phi) is 4.50. The summed E-state index contributed by atoms with van der Waals surface area (Å²) in [6.45, 7) is 1.56. The van der Waals surface area contributed by atoms with Crippen LogP contribution >= 0.6 is 0 Å². The number of hydrogen-bond donors (Lipinski definition) is 1. The molecule has 2 aliphatic heterocycles. The van der Waals surface area contributed by atoms with Crippen molar-refractivity contribution in [2.45, 2.75) is 31.7 Å². The van der Waals surface area contributed by atoms with Gasteiger partial charge in [-0.05, 0) is 18.9 Å². The number of carbonyl (C=O) groups is 2. The molecule has 0 radical (unpaired) electrons. The highest BCUT2D eigenvalue weighted by Crippen LogP contribution is 2.15. The van der Waals surface area contributed by atoms with Crippen LogP contribution in [0.15, 0.2) is 23.6 Å². The second kappa shape index (κ2) is 6.72. The Morgan fingerprint density at radius 3 is 2.83 bits per heavy atom. The normalized spacial score (nSPS) is 21.9. The molecule has 0 bridgehead atoms. The van der Waals surface area contributed by atoms with Gasteiger partial charge in [-0.15, -0.1) is 0 Å². The van der Waals surface area contributed by atoms with Crippen LogP contribution in [0.5, 0.6) is 0 Å². The molecule has 1 aromatic heterocycles. The van der Waals surface area contributed by atoms with Gasteiger partial charge in [0.1, 0.15) is 5.71 Å². The fourth-order valence-electron chi connectivity index (χ4n) is 2.83. The van der Waals surface area contributed by atoms with Crippen LogP contribution in [-0.4, -0.2) is 58.7 Å². The summed E-state index contributed by atoms with van der Waals surface area (Å²) in [6.07, 6.45) is 6.04. The van der Waals surface area contributed by atoms with Crippen molar-refractivity contribution >= 4 is 23.5 Å². The van der Waals surface area contributed by atoms with Crippen molar-refractivity contribution in [3.63, 3.8) is 0 Å². The quantitative estimate of drug-likeness (QED) is 0.858. The Morgan fingerprint density at radius 2 is 2.09 bits per heavy atom. The highest BCUT2D eigenvalue weighted by Gasteiger charge is 2.27. The van der Waals surface area contributed by atoms with Crippen LogP contribution in [0, 0.1) is 0 Å². The summed E-state index contributed by atoms with van der Waals surface area (Å²) >= 11 is 0. The van der Waals surface area contributed by atoms with E-state index in [2.05, 4.69) is 25.3 Å². The molecule has 1 fully saturated rings. The maximum Gasteiger partial charge on any atom is 0.267 e. The molecule has 1 N–H and O–H groups in total. The summed E-state index contributed by atoms with van der Waals surface area (Å²) in [4.78, 5) is 34.3. The number of hydrogen-bond acceptors (Lipinski definition) is 6. The minimum Gasteiger partial charge on any atom is -0.346 e. The monoisotopic (exact) mass is 316 g/mol. The van der Waals surface area contributed by atoms with Gasteiger partial charge in [0.2, 0.25) is 11.9 Å². The molecular formula is C15H20N6O2. The molecule has 3 rings (SSSR count). The number of piperidine rings is 1. The molecule has 0 aliphatic carbocycles. The average molecular weight is 316 g/mol. The van der Waals surface area contributed by atoms with Gasteiger partial charge in [0, 0.05) is 51.4 Å². The highest BCUT2D eigenvalue weighted by molar-refractivity contribution is 6.39. The van der Waals surface area contributed by atoms with Crippen molar-refractivity contribution in [3.8, 4) is 0 Å². The second-order valence-electron chi connectivity index (χ2n) is 5.77.